The molecule has 23 heavy (non-hydrogen) atoms. The Bertz CT molecular complexity index is 953. The van der Waals surface area contributed by atoms with Gasteiger partial charge in [0.1, 0.15) is 5.58 Å². The molecule has 0 radical (unpaired) electrons. The molecule has 1 aliphatic rings. The second-order valence-corrected chi connectivity index (χ2v) is 5.56. The molecular formula is C16H13N3O4. The maximum absolute atomic E-state index is 12.4. The van der Waals surface area contributed by atoms with Crippen LogP contribution >= 0.6 is 0 Å². The van der Waals surface area contributed by atoms with Gasteiger partial charge in [0.25, 0.3) is 5.91 Å². The Morgan fingerprint density at radius 1 is 1.30 bits per heavy atom. The smallest absolute Gasteiger partial charge is 0.289 e. The number of aromatic nitrogens is 2. The molecule has 4 rings (SSSR count). The number of rotatable bonds is 2. The first-order chi connectivity index (χ1) is 11.1. The van der Waals surface area contributed by atoms with E-state index in [1.165, 1.54) is 6.07 Å². The molecule has 0 aliphatic carbocycles. The predicted octanol–water partition coefficient (Wildman–Crippen LogP) is 1.72. The van der Waals surface area contributed by atoms with Crippen LogP contribution in [-0.2, 0) is 0 Å². The molecule has 116 valence electrons. The largest absolute Gasteiger partial charge is 0.451 e. The molecule has 7 heteroatoms. The maximum atomic E-state index is 12.4. The molecule has 1 amide bonds. The Hall–Kier alpha value is -2.96. The van der Waals surface area contributed by atoms with E-state index < -0.39 is 0 Å². The van der Waals surface area contributed by atoms with E-state index in [1.807, 2.05) is 0 Å². The summed E-state index contributed by atoms with van der Waals surface area (Å²) in [5.74, 6) is 0.887. The number of para-hydroxylation sites is 1. The summed E-state index contributed by atoms with van der Waals surface area (Å²) in [5, 5.41) is 4.21. The van der Waals surface area contributed by atoms with Crippen molar-refractivity contribution in [2.45, 2.75) is 12.8 Å². The van der Waals surface area contributed by atoms with Gasteiger partial charge in [0.15, 0.2) is 17.0 Å². The summed E-state index contributed by atoms with van der Waals surface area (Å²) in [7, 11) is 0. The Kier molecular flexibility index (Phi) is 3.00. The molecule has 3 aromatic rings. The molecule has 1 fully saturated rings. The van der Waals surface area contributed by atoms with Crippen LogP contribution < -0.4 is 5.43 Å². The minimum Gasteiger partial charge on any atom is -0.451 e. The molecule has 0 spiro atoms. The van der Waals surface area contributed by atoms with Gasteiger partial charge in [0.05, 0.1) is 11.3 Å². The Morgan fingerprint density at radius 3 is 2.83 bits per heavy atom. The number of carbonyl (C=O) groups is 1. The van der Waals surface area contributed by atoms with Gasteiger partial charge in [-0.3, -0.25) is 9.59 Å². The lowest BCUT2D eigenvalue weighted by Gasteiger charge is -2.36. The molecule has 0 unspecified atom stereocenters. The number of hydrogen-bond acceptors (Lipinski definition) is 6. The lowest BCUT2D eigenvalue weighted by molar-refractivity contribution is 0.0537. The SMILES string of the molecule is Cc1noc(C2CN(C(=O)c3cc(=O)c4ccccc4o3)C2)n1. The average molecular weight is 311 g/mol. The summed E-state index contributed by atoms with van der Waals surface area (Å²) in [6.45, 7) is 2.69. The summed E-state index contributed by atoms with van der Waals surface area (Å²) < 4.78 is 10.7. The van der Waals surface area contributed by atoms with Gasteiger partial charge in [0.2, 0.25) is 5.89 Å². The van der Waals surface area contributed by atoms with E-state index in [-0.39, 0.29) is 23.0 Å². The summed E-state index contributed by atoms with van der Waals surface area (Å²) in [6.07, 6.45) is 0. The number of hydrogen-bond donors (Lipinski definition) is 0. The quantitative estimate of drug-likeness (QED) is 0.716. The van der Waals surface area contributed by atoms with E-state index in [0.29, 0.717) is 35.8 Å². The van der Waals surface area contributed by atoms with Crippen LogP contribution in [0.5, 0.6) is 0 Å². The molecule has 0 saturated carbocycles. The fourth-order valence-corrected chi connectivity index (χ4v) is 2.64. The van der Waals surface area contributed by atoms with Crippen LogP contribution in [0.2, 0.25) is 0 Å². The Morgan fingerprint density at radius 2 is 2.09 bits per heavy atom. The van der Waals surface area contributed by atoms with E-state index in [0.717, 1.165) is 0 Å². The van der Waals surface area contributed by atoms with Gasteiger partial charge < -0.3 is 13.8 Å². The zero-order valence-corrected chi connectivity index (χ0v) is 12.4. The molecule has 1 saturated heterocycles. The normalized spacial score (nSPS) is 14.9. The van der Waals surface area contributed by atoms with Gasteiger partial charge >= 0.3 is 0 Å². The first kappa shape index (κ1) is 13.7. The zero-order chi connectivity index (χ0) is 16.0. The van der Waals surface area contributed by atoms with Crippen molar-refractivity contribution in [3.63, 3.8) is 0 Å². The Balaban J connectivity index is 1.55. The van der Waals surface area contributed by atoms with Crippen LogP contribution in [-0.4, -0.2) is 34.0 Å². The molecule has 1 aromatic carbocycles. The van der Waals surface area contributed by atoms with Crippen LogP contribution in [0.1, 0.15) is 28.2 Å². The van der Waals surface area contributed by atoms with Gasteiger partial charge in [-0.1, -0.05) is 17.3 Å². The number of likely N-dealkylation sites (tertiary alicyclic amines) is 1. The van der Waals surface area contributed by atoms with Crippen LogP contribution in [0.4, 0.5) is 0 Å². The van der Waals surface area contributed by atoms with Crippen molar-refractivity contribution in [3.8, 4) is 0 Å². The molecule has 0 atom stereocenters. The van der Waals surface area contributed by atoms with E-state index in [4.69, 9.17) is 8.94 Å². The highest BCUT2D eigenvalue weighted by Crippen LogP contribution is 2.27. The van der Waals surface area contributed by atoms with Crippen molar-refractivity contribution in [3.05, 3.63) is 58.0 Å². The molecule has 7 nitrogen and oxygen atoms in total. The minimum absolute atomic E-state index is 0.0346. The summed E-state index contributed by atoms with van der Waals surface area (Å²) >= 11 is 0. The zero-order valence-electron chi connectivity index (χ0n) is 12.4. The second-order valence-electron chi connectivity index (χ2n) is 5.56. The third-order valence-electron chi connectivity index (χ3n) is 3.91. The van der Waals surface area contributed by atoms with Gasteiger partial charge in [-0.15, -0.1) is 0 Å². The highest BCUT2D eigenvalue weighted by atomic mass is 16.5. The van der Waals surface area contributed by atoms with Gasteiger partial charge in [-0.2, -0.15) is 4.98 Å². The van der Waals surface area contributed by atoms with E-state index in [9.17, 15) is 9.59 Å². The minimum atomic E-state index is -0.305. The van der Waals surface area contributed by atoms with Crippen molar-refractivity contribution in [1.82, 2.24) is 15.0 Å². The number of fused-ring (bicyclic) bond motifs is 1. The second kappa shape index (κ2) is 5.05. The number of carbonyl (C=O) groups excluding carboxylic acids is 1. The Labute approximate surface area is 130 Å². The first-order valence-electron chi connectivity index (χ1n) is 7.24. The maximum Gasteiger partial charge on any atom is 0.289 e. The van der Waals surface area contributed by atoms with Gasteiger partial charge in [-0.25, -0.2) is 0 Å². The van der Waals surface area contributed by atoms with Crippen molar-refractivity contribution in [2.75, 3.05) is 13.1 Å². The van der Waals surface area contributed by atoms with Gasteiger partial charge in [0, 0.05) is 19.2 Å². The topological polar surface area (TPSA) is 89.4 Å². The fraction of sp³-hybridized carbons (Fsp3) is 0.250. The highest BCUT2D eigenvalue weighted by molar-refractivity contribution is 5.93. The van der Waals surface area contributed by atoms with Crippen LogP contribution in [0, 0.1) is 6.92 Å². The van der Waals surface area contributed by atoms with E-state index in [1.54, 1.807) is 36.1 Å². The third kappa shape index (κ3) is 2.30. The first-order valence-corrected chi connectivity index (χ1v) is 7.24. The van der Waals surface area contributed by atoms with Crippen molar-refractivity contribution in [1.29, 1.82) is 0 Å². The van der Waals surface area contributed by atoms with Crippen molar-refractivity contribution < 1.29 is 13.7 Å². The standard InChI is InChI=1S/C16H13N3O4/c1-9-17-15(23-18-9)10-7-19(8-10)16(21)14-6-12(20)11-4-2-3-5-13(11)22-14/h2-6,10H,7-8H2,1H3. The third-order valence-corrected chi connectivity index (χ3v) is 3.91. The summed E-state index contributed by atoms with van der Waals surface area (Å²) in [5.41, 5.74) is 0.188. The number of nitrogens with zero attached hydrogens (tertiary/aromatic N) is 3. The van der Waals surface area contributed by atoms with Crippen molar-refractivity contribution >= 4 is 16.9 Å². The molecule has 1 aliphatic heterocycles. The molecule has 0 N–H and O–H groups in total. The summed E-state index contributed by atoms with van der Waals surface area (Å²) in [4.78, 5) is 30.2. The summed E-state index contributed by atoms with van der Waals surface area (Å²) in [6, 6.07) is 8.11. The van der Waals surface area contributed by atoms with Crippen molar-refractivity contribution in [2.24, 2.45) is 0 Å². The molecular weight excluding hydrogens is 298 g/mol. The highest BCUT2D eigenvalue weighted by Gasteiger charge is 2.36. The van der Waals surface area contributed by atoms with Crippen LogP contribution in [0.3, 0.4) is 0 Å². The lowest BCUT2D eigenvalue weighted by atomic mass is 9.99. The van der Waals surface area contributed by atoms with Crippen LogP contribution in [0.15, 0.2) is 44.1 Å². The van der Waals surface area contributed by atoms with E-state index in [2.05, 4.69) is 10.1 Å². The molecule has 2 aromatic heterocycles. The van der Waals surface area contributed by atoms with Crippen LogP contribution in [0.25, 0.3) is 11.0 Å². The monoisotopic (exact) mass is 311 g/mol. The molecule has 3 heterocycles. The van der Waals surface area contributed by atoms with E-state index >= 15 is 0 Å². The number of amides is 1. The van der Waals surface area contributed by atoms with Gasteiger partial charge in [-0.05, 0) is 19.1 Å². The average Bonchev–Trinajstić information content (AvgIpc) is 2.92. The predicted molar refractivity (Wildman–Crippen MR) is 80.2 cm³/mol. The molecule has 0 bridgehead atoms. The number of benzene rings is 1. The number of aryl methyl sites for hydroxylation is 1. The fourth-order valence-electron chi connectivity index (χ4n) is 2.64. The lowest BCUT2D eigenvalue weighted by Crippen LogP contribution is -2.48.